The number of halogens is 1. The minimum atomic E-state index is -0.261. The molecule has 0 fully saturated rings. The second-order valence-corrected chi connectivity index (χ2v) is 6.09. The Morgan fingerprint density at radius 2 is 1.96 bits per heavy atom. The Balaban J connectivity index is 1.75. The molecule has 2 aromatic carbocycles. The van der Waals surface area contributed by atoms with Gasteiger partial charge in [0.05, 0.1) is 6.61 Å². The van der Waals surface area contributed by atoms with Crippen LogP contribution in [0.25, 0.3) is 0 Å². The van der Waals surface area contributed by atoms with Crippen molar-refractivity contribution in [3.05, 3.63) is 65.0 Å². The van der Waals surface area contributed by atoms with Crippen LogP contribution in [-0.4, -0.2) is 24.0 Å². The van der Waals surface area contributed by atoms with Crippen LogP contribution in [0.1, 0.15) is 41.3 Å². The fourth-order valence-electron chi connectivity index (χ4n) is 2.97. The third kappa shape index (κ3) is 3.58. The summed E-state index contributed by atoms with van der Waals surface area (Å²) in [6.07, 6.45) is 2.87. The lowest BCUT2D eigenvalue weighted by atomic mass is 9.97. The van der Waals surface area contributed by atoms with Crippen LogP contribution in [0.5, 0.6) is 5.75 Å². The Kier molecular flexibility index (Phi) is 5.14. The lowest BCUT2D eigenvalue weighted by Crippen LogP contribution is -2.37. The molecule has 1 aliphatic rings. The summed E-state index contributed by atoms with van der Waals surface area (Å²) in [5.74, 6) is 0.584. The number of unbranched alkanes of at least 4 members (excludes halogenated alkanes) is 1. The molecule has 0 bridgehead atoms. The Bertz CT molecular complexity index is 712. The molecule has 1 aliphatic heterocycles. The van der Waals surface area contributed by atoms with E-state index in [1.54, 1.807) is 12.1 Å². The van der Waals surface area contributed by atoms with Crippen molar-refractivity contribution in [3.63, 3.8) is 0 Å². The van der Waals surface area contributed by atoms with E-state index in [0.29, 0.717) is 19.7 Å². The lowest BCUT2D eigenvalue weighted by molar-refractivity contribution is 0.0725. The van der Waals surface area contributed by atoms with Gasteiger partial charge >= 0.3 is 0 Å². The maximum atomic E-state index is 13.0. The van der Waals surface area contributed by atoms with Crippen LogP contribution in [0, 0.1) is 5.82 Å². The van der Waals surface area contributed by atoms with Crippen LogP contribution in [0.4, 0.5) is 4.39 Å². The number of amides is 1. The smallest absolute Gasteiger partial charge is 0.254 e. The molecule has 0 saturated heterocycles. The van der Waals surface area contributed by atoms with Gasteiger partial charge in [0.25, 0.3) is 5.91 Å². The highest BCUT2D eigenvalue weighted by Gasteiger charge is 2.26. The van der Waals surface area contributed by atoms with Gasteiger partial charge in [-0.1, -0.05) is 31.5 Å². The summed E-state index contributed by atoms with van der Waals surface area (Å²) in [5, 5.41) is 0. The van der Waals surface area contributed by atoms with Crippen molar-refractivity contribution in [3.8, 4) is 5.75 Å². The molecule has 0 unspecified atom stereocenters. The summed E-state index contributed by atoms with van der Waals surface area (Å²) >= 11 is 0. The number of benzene rings is 2. The van der Waals surface area contributed by atoms with E-state index < -0.39 is 0 Å². The second-order valence-electron chi connectivity index (χ2n) is 6.09. The van der Waals surface area contributed by atoms with Crippen LogP contribution in [-0.2, 0) is 13.0 Å². The molecule has 126 valence electrons. The van der Waals surface area contributed by atoms with Gasteiger partial charge < -0.3 is 9.64 Å². The fraction of sp³-hybridized carbons (Fsp3) is 0.350. The predicted molar refractivity (Wildman–Crippen MR) is 91.7 cm³/mol. The monoisotopic (exact) mass is 327 g/mol. The molecule has 24 heavy (non-hydrogen) atoms. The number of fused-ring (bicyclic) bond motifs is 1. The van der Waals surface area contributed by atoms with E-state index >= 15 is 0 Å². The molecule has 3 nitrogen and oxygen atoms in total. The van der Waals surface area contributed by atoms with Gasteiger partial charge in [0.1, 0.15) is 11.6 Å². The molecule has 1 heterocycles. The average molecular weight is 327 g/mol. The van der Waals surface area contributed by atoms with Crippen molar-refractivity contribution in [1.29, 1.82) is 0 Å². The summed E-state index contributed by atoms with van der Waals surface area (Å²) in [6.45, 7) is 3.96. The maximum Gasteiger partial charge on any atom is 0.254 e. The number of carbonyl (C=O) groups is 1. The maximum absolute atomic E-state index is 13.0. The van der Waals surface area contributed by atoms with Crippen LogP contribution >= 0.6 is 0 Å². The first-order valence-electron chi connectivity index (χ1n) is 8.47. The van der Waals surface area contributed by atoms with Crippen molar-refractivity contribution < 1.29 is 13.9 Å². The Morgan fingerprint density at radius 1 is 1.17 bits per heavy atom. The lowest BCUT2D eigenvalue weighted by Gasteiger charge is -2.29. The zero-order valence-electron chi connectivity index (χ0n) is 13.9. The van der Waals surface area contributed by atoms with E-state index in [1.807, 2.05) is 23.1 Å². The Morgan fingerprint density at radius 3 is 2.71 bits per heavy atom. The molecule has 0 spiro atoms. The van der Waals surface area contributed by atoms with Gasteiger partial charge in [-0.05, 0) is 42.7 Å². The van der Waals surface area contributed by atoms with Crippen molar-refractivity contribution in [2.45, 2.75) is 32.7 Å². The summed E-state index contributed by atoms with van der Waals surface area (Å²) in [6, 6.07) is 12.0. The first-order chi connectivity index (χ1) is 11.7. The number of rotatable bonds is 6. The van der Waals surface area contributed by atoms with Gasteiger partial charge in [-0.2, -0.15) is 0 Å². The predicted octanol–water partition coefficient (Wildman–Crippen LogP) is 4.20. The minimum Gasteiger partial charge on any atom is -0.493 e. The number of carbonyl (C=O) groups excluding carboxylic acids is 1. The summed E-state index contributed by atoms with van der Waals surface area (Å²) in [5.41, 5.74) is 2.66. The first kappa shape index (κ1) is 16.5. The van der Waals surface area contributed by atoms with Gasteiger partial charge in [-0.3, -0.25) is 4.79 Å². The quantitative estimate of drug-likeness (QED) is 0.744. The van der Waals surface area contributed by atoms with E-state index in [1.165, 1.54) is 12.1 Å². The highest BCUT2D eigenvalue weighted by atomic mass is 19.1. The first-order valence-corrected chi connectivity index (χ1v) is 8.47. The molecule has 2 aromatic rings. The van der Waals surface area contributed by atoms with Gasteiger partial charge in [-0.25, -0.2) is 4.39 Å². The van der Waals surface area contributed by atoms with Gasteiger partial charge in [-0.15, -0.1) is 0 Å². The van der Waals surface area contributed by atoms with Crippen molar-refractivity contribution in [1.82, 2.24) is 4.90 Å². The van der Waals surface area contributed by atoms with Crippen LogP contribution in [0.3, 0.4) is 0 Å². The second kappa shape index (κ2) is 7.47. The molecule has 0 radical (unpaired) electrons. The minimum absolute atomic E-state index is 0.0153. The average Bonchev–Trinajstić information content (AvgIpc) is 2.60. The highest BCUT2D eigenvalue weighted by molar-refractivity contribution is 5.97. The zero-order chi connectivity index (χ0) is 16.9. The van der Waals surface area contributed by atoms with Crippen molar-refractivity contribution >= 4 is 5.91 Å². The third-order valence-electron chi connectivity index (χ3n) is 4.32. The Labute approximate surface area is 142 Å². The summed E-state index contributed by atoms with van der Waals surface area (Å²) in [7, 11) is 0. The molecule has 0 atom stereocenters. The number of nitrogens with zero attached hydrogens (tertiary/aromatic N) is 1. The molecule has 0 aliphatic carbocycles. The SMILES string of the molecule is CCCCOc1cccc2c1CCN(Cc1ccc(F)cc1)C2=O. The fourth-order valence-corrected chi connectivity index (χ4v) is 2.97. The topological polar surface area (TPSA) is 29.5 Å². The Hall–Kier alpha value is -2.36. The van der Waals surface area contributed by atoms with Crippen LogP contribution in [0.2, 0.25) is 0 Å². The molecule has 1 amide bonds. The summed E-state index contributed by atoms with van der Waals surface area (Å²) in [4.78, 5) is 14.6. The normalized spacial score (nSPS) is 13.8. The van der Waals surface area contributed by atoms with Crippen LogP contribution < -0.4 is 4.74 Å². The standard InChI is InChI=1S/C20H22FNO2/c1-2-3-13-24-19-6-4-5-18-17(19)11-12-22(20(18)23)14-15-7-9-16(21)10-8-15/h4-10H,2-3,11-14H2,1H3. The third-order valence-corrected chi connectivity index (χ3v) is 4.32. The van der Waals surface area contributed by atoms with E-state index in [-0.39, 0.29) is 11.7 Å². The van der Waals surface area contributed by atoms with Gasteiger partial charge in [0, 0.05) is 24.2 Å². The van der Waals surface area contributed by atoms with E-state index in [4.69, 9.17) is 4.74 Å². The zero-order valence-corrected chi connectivity index (χ0v) is 13.9. The van der Waals surface area contributed by atoms with Crippen LogP contribution in [0.15, 0.2) is 42.5 Å². The molecular formula is C20H22FNO2. The molecular weight excluding hydrogens is 305 g/mol. The number of hydrogen-bond acceptors (Lipinski definition) is 2. The summed E-state index contributed by atoms with van der Waals surface area (Å²) < 4.78 is 18.9. The van der Waals surface area contributed by atoms with Gasteiger partial charge in [0.15, 0.2) is 0 Å². The van der Waals surface area contributed by atoms with E-state index in [2.05, 4.69) is 6.92 Å². The van der Waals surface area contributed by atoms with E-state index in [9.17, 15) is 9.18 Å². The molecule has 3 rings (SSSR count). The molecule has 0 saturated carbocycles. The van der Waals surface area contributed by atoms with Crippen molar-refractivity contribution in [2.24, 2.45) is 0 Å². The largest absolute Gasteiger partial charge is 0.493 e. The number of ether oxygens (including phenoxy) is 1. The molecule has 4 heteroatoms. The molecule has 0 N–H and O–H groups in total. The molecule has 0 aromatic heterocycles. The van der Waals surface area contributed by atoms with E-state index in [0.717, 1.165) is 41.7 Å². The van der Waals surface area contributed by atoms with Crippen molar-refractivity contribution in [2.75, 3.05) is 13.2 Å². The number of hydrogen-bond donors (Lipinski definition) is 0. The van der Waals surface area contributed by atoms with Gasteiger partial charge in [0.2, 0.25) is 0 Å². The highest BCUT2D eigenvalue weighted by Crippen LogP contribution is 2.29.